The largest absolute Gasteiger partial charge is 0.485 e. The lowest BCUT2D eigenvalue weighted by Crippen LogP contribution is -2.51. The van der Waals surface area contributed by atoms with Gasteiger partial charge in [0, 0.05) is 6.20 Å². The number of hydrogen-bond donors (Lipinski definition) is 2. The summed E-state index contributed by atoms with van der Waals surface area (Å²) in [6.45, 7) is 0.0972. The second kappa shape index (κ2) is 9.27. The first-order valence-corrected chi connectivity index (χ1v) is 9.96. The number of para-hydroxylation sites is 2. The van der Waals surface area contributed by atoms with Gasteiger partial charge in [0.15, 0.2) is 11.5 Å². The maximum Gasteiger partial charge on any atom is 0.265 e. The van der Waals surface area contributed by atoms with Crippen LogP contribution >= 0.6 is 11.8 Å². The Labute approximate surface area is 161 Å². The summed E-state index contributed by atoms with van der Waals surface area (Å²) < 4.78 is 11.3. The fraction of sp³-hybridized carbons (Fsp3) is 0.316. The number of rotatable bonds is 7. The van der Waals surface area contributed by atoms with Gasteiger partial charge in [-0.2, -0.15) is 11.8 Å². The molecule has 2 N–H and O–H groups in total. The van der Waals surface area contributed by atoms with E-state index in [9.17, 15) is 9.59 Å². The third kappa shape index (κ3) is 5.13. The fourth-order valence-corrected chi connectivity index (χ4v) is 3.04. The summed E-state index contributed by atoms with van der Waals surface area (Å²) in [5, 5.41) is 5.50. The van der Waals surface area contributed by atoms with Crippen LogP contribution < -0.4 is 20.1 Å². The Bertz CT molecular complexity index is 788. The van der Waals surface area contributed by atoms with Crippen molar-refractivity contribution in [2.75, 3.05) is 23.9 Å². The van der Waals surface area contributed by atoms with E-state index in [0.717, 1.165) is 5.75 Å². The molecule has 3 rings (SSSR count). The highest BCUT2D eigenvalue weighted by atomic mass is 32.2. The van der Waals surface area contributed by atoms with Gasteiger partial charge in [-0.05, 0) is 42.7 Å². The quantitative estimate of drug-likeness (QED) is 0.756. The molecule has 2 atom stereocenters. The minimum atomic E-state index is -0.806. The highest BCUT2D eigenvalue weighted by Crippen LogP contribution is 2.30. The molecule has 0 saturated heterocycles. The van der Waals surface area contributed by atoms with Gasteiger partial charge in [-0.3, -0.25) is 9.59 Å². The second-order valence-corrected chi connectivity index (χ2v) is 6.90. The average Bonchev–Trinajstić information content (AvgIpc) is 2.71. The standard InChI is InChI=1S/C19H21N3O4S/c1-27-11-9-13(18(23)22-17-8-4-5-10-20-17)21-19(24)16-12-25-14-6-2-3-7-15(14)26-16/h2-8,10,13,16H,9,11-12H2,1H3,(H,21,24)(H,20,22,23)/t13-,16+/m0/s1. The second-order valence-electron chi connectivity index (χ2n) is 5.91. The molecule has 0 unspecified atom stereocenters. The van der Waals surface area contributed by atoms with Crippen molar-refractivity contribution in [3.63, 3.8) is 0 Å². The van der Waals surface area contributed by atoms with Crippen molar-refractivity contribution in [3.05, 3.63) is 48.7 Å². The zero-order valence-corrected chi connectivity index (χ0v) is 15.7. The molecular weight excluding hydrogens is 366 g/mol. The number of hydrogen-bond acceptors (Lipinski definition) is 6. The third-order valence-electron chi connectivity index (χ3n) is 3.96. The number of nitrogens with one attached hydrogen (secondary N) is 2. The molecule has 2 amide bonds. The van der Waals surface area contributed by atoms with Gasteiger partial charge >= 0.3 is 0 Å². The highest BCUT2D eigenvalue weighted by molar-refractivity contribution is 7.98. The van der Waals surface area contributed by atoms with Crippen LogP contribution in [0.25, 0.3) is 0 Å². The van der Waals surface area contributed by atoms with Crippen LogP contribution in [0.5, 0.6) is 11.5 Å². The van der Waals surface area contributed by atoms with Crippen LogP contribution in [0.4, 0.5) is 5.82 Å². The number of thioether (sulfide) groups is 1. The SMILES string of the molecule is CSCC[C@H](NC(=O)[C@H]1COc2ccccc2O1)C(=O)Nc1ccccn1. The Balaban J connectivity index is 1.63. The van der Waals surface area contributed by atoms with E-state index in [1.807, 2.05) is 18.4 Å². The van der Waals surface area contributed by atoms with Crippen molar-refractivity contribution in [2.24, 2.45) is 0 Å². The number of anilines is 1. The Kier molecular flexibility index (Phi) is 6.54. The van der Waals surface area contributed by atoms with E-state index in [-0.39, 0.29) is 18.4 Å². The predicted octanol–water partition coefficient (Wildman–Crippen LogP) is 2.10. The van der Waals surface area contributed by atoms with Crippen LogP contribution in [0.1, 0.15) is 6.42 Å². The monoisotopic (exact) mass is 387 g/mol. The zero-order chi connectivity index (χ0) is 19.1. The lowest BCUT2D eigenvalue weighted by Gasteiger charge is -2.27. The molecule has 0 aliphatic carbocycles. The molecule has 7 nitrogen and oxygen atoms in total. The van der Waals surface area contributed by atoms with Crippen molar-refractivity contribution < 1.29 is 19.1 Å². The first kappa shape index (κ1) is 19.0. The van der Waals surface area contributed by atoms with E-state index >= 15 is 0 Å². The molecule has 1 aromatic carbocycles. The summed E-state index contributed by atoms with van der Waals surface area (Å²) >= 11 is 1.60. The predicted molar refractivity (Wildman–Crippen MR) is 104 cm³/mol. The molecule has 142 valence electrons. The number of aromatic nitrogens is 1. The molecule has 0 saturated carbocycles. The number of nitrogens with zero attached hydrogens (tertiary/aromatic N) is 1. The van der Waals surface area contributed by atoms with E-state index < -0.39 is 12.1 Å². The minimum Gasteiger partial charge on any atom is -0.485 e. The van der Waals surface area contributed by atoms with Crippen LogP contribution in [-0.2, 0) is 9.59 Å². The number of fused-ring (bicyclic) bond motifs is 1. The average molecular weight is 387 g/mol. The highest BCUT2D eigenvalue weighted by Gasteiger charge is 2.30. The summed E-state index contributed by atoms with van der Waals surface area (Å²) in [5.41, 5.74) is 0. The normalized spacial score (nSPS) is 16.3. The summed E-state index contributed by atoms with van der Waals surface area (Å²) in [6.07, 6.45) is 3.23. The van der Waals surface area contributed by atoms with E-state index in [1.54, 1.807) is 48.3 Å². The fourth-order valence-electron chi connectivity index (χ4n) is 2.57. The summed E-state index contributed by atoms with van der Waals surface area (Å²) in [7, 11) is 0. The minimum absolute atomic E-state index is 0.0972. The van der Waals surface area contributed by atoms with Gasteiger partial charge in [0.25, 0.3) is 5.91 Å². The van der Waals surface area contributed by atoms with E-state index in [2.05, 4.69) is 15.6 Å². The van der Waals surface area contributed by atoms with Crippen LogP contribution in [-0.4, -0.2) is 47.6 Å². The Hall–Kier alpha value is -2.74. The van der Waals surface area contributed by atoms with Crippen molar-refractivity contribution in [3.8, 4) is 11.5 Å². The molecule has 2 aromatic rings. The summed E-state index contributed by atoms with van der Waals surface area (Å²) in [6, 6.07) is 11.7. The van der Waals surface area contributed by atoms with Gasteiger partial charge in [0.05, 0.1) is 0 Å². The molecule has 27 heavy (non-hydrogen) atoms. The Morgan fingerprint density at radius 3 is 2.74 bits per heavy atom. The van der Waals surface area contributed by atoms with Crippen LogP contribution in [0.15, 0.2) is 48.7 Å². The summed E-state index contributed by atoms with van der Waals surface area (Å²) in [5.74, 6) is 1.60. The van der Waals surface area contributed by atoms with Crippen LogP contribution in [0.2, 0.25) is 0 Å². The van der Waals surface area contributed by atoms with Crippen molar-refractivity contribution in [1.82, 2.24) is 10.3 Å². The molecule has 0 spiro atoms. The van der Waals surface area contributed by atoms with Gasteiger partial charge in [-0.1, -0.05) is 18.2 Å². The Morgan fingerprint density at radius 1 is 1.22 bits per heavy atom. The molecule has 8 heteroatoms. The van der Waals surface area contributed by atoms with E-state index in [4.69, 9.17) is 9.47 Å². The molecule has 1 aromatic heterocycles. The number of amides is 2. The summed E-state index contributed by atoms with van der Waals surface area (Å²) in [4.78, 5) is 29.3. The van der Waals surface area contributed by atoms with Gasteiger partial charge < -0.3 is 20.1 Å². The van der Waals surface area contributed by atoms with Gasteiger partial charge in [0.1, 0.15) is 18.5 Å². The number of carbonyl (C=O) groups is 2. The number of pyridine rings is 1. The zero-order valence-electron chi connectivity index (χ0n) is 14.9. The Morgan fingerprint density at radius 2 is 2.00 bits per heavy atom. The first-order valence-electron chi connectivity index (χ1n) is 8.57. The van der Waals surface area contributed by atoms with Crippen molar-refractivity contribution >= 4 is 29.4 Å². The van der Waals surface area contributed by atoms with E-state index in [0.29, 0.717) is 23.7 Å². The van der Waals surface area contributed by atoms with Crippen LogP contribution in [0, 0.1) is 0 Å². The van der Waals surface area contributed by atoms with Crippen molar-refractivity contribution in [1.29, 1.82) is 0 Å². The van der Waals surface area contributed by atoms with Crippen molar-refractivity contribution in [2.45, 2.75) is 18.6 Å². The molecule has 0 radical (unpaired) electrons. The van der Waals surface area contributed by atoms with Crippen LogP contribution in [0.3, 0.4) is 0 Å². The molecule has 2 heterocycles. The number of benzene rings is 1. The van der Waals surface area contributed by atoms with Gasteiger partial charge in [-0.15, -0.1) is 0 Å². The van der Waals surface area contributed by atoms with Gasteiger partial charge in [-0.25, -0.2) is 4.98 Å². The maximum atomic E-state index is 12.6. The molecular formula is C19H21N3O4S. The number of carbonyl (C=O) groups excluding carboxylic acids is 2. The van der Waals surface area contributed by atoms with Gasteiger partial charge in [0.2, 0.25) is 12.0 Å². The third-order valence-corrected chi connectivity index (χ3v) is 4.60. The smallest absolute Gasteiger partial charge is 0.265 e. The molecule has 1 aliphatic heterocycles. The topological polar surface area (TPSA) is 89.5 Å². The maximum absolute atomic E-state index is 12.6. The first-order chi connectivity index (χ1) is 13.2. The molecule has 0 fully saturated rings. The molecule has 0 bridgehead atoms. The lowest BCUT2D eigenvalue weighted by molar-refractivity contribution is -0.133. The lowest BCUT2D eigenvalue weighted by atomic mass is 10.2. The molecule has 1 aliphatic rings. The van der Waals surface area contributed by atoms with E-state index in [1.165, 1.54) is 0 Å². The number of ether oxygens (including phenoxy) is 2.